The van der Waals surface area contributed by atoms with E-state index in [1.165, 1.54) is 10.4 Å². The van der Waals surface area contributed by atoms with E-state index in [9.17, 15) is 0 Å². The molecule has 3 aromatic heterocycles. The molecular weight excluding hydrogens is 430 g/mol. The second kappa shape index (κ2) is 8.03. The largest absolute Gasteiger partial charge is 0.493 e. The first-order chi connectivity index (χ1) is 15.5. The first-order valence-electron chi connectivity index (χ1n) is 10.1. The number of benzene rings is 1. The van der Waals surface area contributed by atoms with E-state index in [1.54, 1.807) is 42.6 Å². The van der Waals surface area contributed by atoms with Crippen molar-refractivity contribution in [2.45, 2.75) is 39.1 Å². The molecule has 0 amide bonds. The molecule has 0 radical (unpaired) electrons. The number of thiophene rings is 1. The fraction of sp³-hybridized carbons (Fsp3) is 0.364. The highest BCUT2D eigenvalue weighted by Crippen LogP contribution is 2.39. The van der Waals surface area contributed by atoms with Gasteiger partial charge in [-0.25, -0.2) is 14.5 Å². The van der Waals surface area contributed by atoms with Crippen LogP contribution in [0.5, 0.6) is 11.5 Å². The van der Waals surface area contributed by atoms with Gasteiger partial charge in [0.05, 0.1) is 38.0 Å². The van der Waals surface area contributed by atoms with Crippen molar-refractivity contribution in [3.05, 3.63) is 46.4 Å². The molecule has 1 aromatic carbocycles. The molecule has 0 unspecified atom stereocenters. The molecule has 0 spiro atoms. The van der Waals surface area contributed by atoms with Crippen LogP contribution in [-0.2, 0) is 29.2 Å². The van der Waals surface area contributed by atoms with Crippen LogP contribution in [0.3, 0.4) is 0 Å². The van der Waals surface area contributed by atoms with Crippen molar-refractivity contribution in [2.75, 3.05) is 14.2 Å². The van der Waals surface area contributed by atoms with Crippen molar-refractivity contribution in [3.63, 3.8) is 0 Å². The number of oxime groups is 1. The fourth-order valence-corrected chi connectivity index (χ4v) is 4.84. The van der Waals surface area contributed by atoms with E-state index in [0.29, 0.717) is 23.9 Å². The third-order valence-electron chi connectivity index (χ3n) is 5.33. The van der Waals surface area contributed by atoms with Gasteiger partial charge in [-0.1, -0.05) is 5.16 Å². The highest BCUT2D eigenvalue weighted by Gasteiger charge is 2.30. The topological polar surface area (TPSA) is 92.4 Å². The maximum atomic E-state index is 5.96. The minimum absolute atomic E-state index is 0.147. The lowest BCUT2D eigenvalue weighted by molar-refractivity contribution is -0.0379. The normalized spacial score (nSPS) is 15.4. The summed E-state index contributed by atoms with van der Waals surface area (Å²) < 4.78 is 18.2. The zero-order valence-electron chi connectivity index (χ0n) is 18.3. The summed E-state index contributed by atoms with van der Waals surface area (Å²) in [6.45, 7) is 4.96. The molecule has 166 valence electrons. The van der Waals surface area contributed by atoms with Crippen molar-refractivity contribution < 1.29 is 19.0 Å². The van der Waals surface area contributed by atoms with Gasteiger partial charge in [-0.05, 0) is 37.6 Å². The van der Waals surface area contributed by atoms with Crippen LogP contribution in [0, 0.1) is 0 Å². The number of rotatable bonds is 6. The number of fused-ring (bicyclic) bond motifs is 5. The van der Waals surface area contributed by atoms with Crippen LogP contribution in [0.15, 0.2) is 29.7 Å². The Balaban J connectivity index is 1.36. The SMILES string of the molecule is COc1ccc(/C=N\OCc2nc3c4c5c(sc4ncn3n2)COC(C)(C)C5)cc1OC. The lowest BCUT2D eigenvalue weighted by Crippen LogP contribution is -2.31. The molecule has 4 aromatic rings. The maximum absolute atomic E-state index is 5.96. The number of hydrogen-bond donors (Lipinski definition) is 0. The molecule has 1 aliphatic rings. The van der Waals surface area contributed by atoms with E-state index >= 15 is 0 Å². The van der Waals surface area contributed by atoms with Gasteiger partial charge in [0.25, 0.3) is 0 Å². The second-order valence-electron chi connectivity index (χ2n) is 8.07. The lowest BCUT2D eigenvalue weighted by Gasteiger charge is -2.30. The van der Waals surface area contributed by atoms with E-state index in [4.69, 9.17) is 24.0 Å². The number of aromatic nitrogens is 4. The molecule has 0 fully saturated rings. The first kappa shape index (κ1) is 20.7. The molecule has 32 heavy (non-hydrogen) atoms. The standard InChI is InChI=1S/C22H23N5O4S/c1-22(2)8-14-17(10-30-22)32-21-19(14)20-25-18(26-27(20)12-23-21)11-31-24-9-13-5-6-15(28-3)16(7-13)29-4/h5-7,9,12H,8,10-11H2,1-4H3/b24-9-. The van der Waals surface area contributed by atoms with Gasteiger partial charge in [-0.3, -0.25) is 0 Å². The van der Waals surface area contributed by atoms with E-state index in [2.05, 4.69) is 29.1 Å². The molecule has 0 bridgehead atoms. The average Bonchev–Trinajstić information content (AvgIpc) is 3.36. The van der Waals surface area contributed by atoms with Crippen LogP contribution < -0.4 is 9.47 Å². The van der Waals surface area contributed by atoms with Gasteiger partial charge < -0.3 is 19.0 Å². The number of nitrogens with zero attached hydrogens (tertiary/aromatic N) is 5. The molecule has 0 aliphatic carbocycles. The Labute approximate surface area is 188 Å². The summed E-state index contributed by atoms with van der Waals surface area (Å²) in [6.07, 6.45) is 4.11. The van der Waals surface area contributed by atoms with Crippen LogP contribution in [0.4, 0.5) is 0 Å². The van der Waals surface area contributed by atoms with Crippen LogP contribution in [0.25, 0.3) is 15.9 Å². The third-order valence-corrected chi connectivity index (χ3v) is 6.44. The quantitative estimate of drug-likeness (QED) is 0.324. The van der Waals surface area contributed by atoms with Gasteiger partial charge >= 0.3 is 0 Å². The minimum Gasteiger partial charge on any atom is -0.493 e. The van der Waals surface area contributed by atoms with E-state index in [1.807, 2.05) is 18.2 Å². The van der Waals surface area contributed by atoms with Gasteiger partial charge in [0.1, 0.15) is 11.2 Å². The molecular formula is C22H23N5O4S. The average molecular weight is 454 g/mol. The molecule has 9 nitrogen and oxygen atoms in total. The highest BCUT2D eigenvalue weighted by molar-refractivity contribution is 7.19. The van der Waals surface area contributed by atoms with Gasteiger partial charge in [0.2, 0.25) is 0 Å². The predicted octanol–water partition coefficient (Wildman–Crippen LogP) is 3.76. The highest BCUT2D eigenvalue weighted by atomic mass is 32.1. The maximum Gasteiger partial charge on any atom is 0.192 e. The Hall–Kier alpha value is -3.24. The van der Waals surface area contributed by atoms with Gasteiger partial charge in [0, 0.05) is 16.9 Å². The lowest BCUT2D eigenvalue weighted by atomic mass is 9.94. The number of methoxy groups -OCH3 is 2. The fourth-order valence-electron chi connectivity index (χ4n) is 3.77. The first-order valence-corrected chi connectivity index (χ1v) is 10.9. The van der Waals surface area contributed by atoms with Gasteiger partial charge in [0.15, 0.2) is 29.6 Å². The summed E-state index contributed by atoms with van der Waals surface area (Å²) in [5, 5.41) is 9.59. The van der Waals surface area contributed by atoms with Crippen LogP contribution in [0.2, 0.25) is 0 Å². The van der Waals surface area contributed by atoms with Crippen molar-refractivity contribution in [1.82, 2.24) is 19.6 Å². The Morgan fingerprint density at radius 3 is 2.91 bits per heavy atom. The number of hydrogen-bond acceptors (Lipinski definition) is 9. The van der Waals surface area contributed by atoms with Crippen molar-refractivity contribution in [1.29, 1.82) is 0 Å². The molecule has 0 saturated heterocycles. The van der Waals surface area contributed by atoms with Crippen molar-refractivity contribution in [3.8, 4) is 11.5 Å². The minimum atomic E-state index is -0.210. The smallest absolute Gasteiger partial charge is 0.192 e. The summed E-state index contributed by atoms with van der Waals surface area (Å²) in [6, 6.07) is 5.50. The molecule has 10 heteroatoms. The number of ether oxygens (including phenoxy) is 3. The van der Waals surface area contributed by atoms with E-state index < -0.39 is 0 Å². The zero-order valence-corrected chi connectivity index (χ0v) is 19.1. The van der Waals surface area contributed by atoms with Gasteiger partial charge in [-0.2, -0.15) is 0 Å². The Kier molecular flexibility index (Phi) is 5.18. The van der Waals surface area contributed by atoms with E-state index in [-0.39, 0.29) is 12.2 Å². The third kappa shape index (κ3) is 3.76. The van der Waals surface area contributed by atoms with Crippen molar-refractivity contribution in [2.24, 2.45) is 5.16 Å². The van der Waals surface area contributed by atoms with Crippen LogP contribution >= 0.6 is 11.3 Å². The Morgan fingerprint density at radius 1 is 1.25 bits per heavy atom. The Bertz CT molecular complexity index is 1330. The Morgan fingerprint density at radius 2 is 2.09 bits per heavy atom. The molecule has 1 aliphatic heterocycles. The molecule has 5 rings (SSSR count). The summed E-state index contributed by atoms with van der Waals surface area (Å²) >= 11 is 1.66. The summed E-state index contributed by atoms with van der Waals surface area (Å²) in [5.41, 5.74) is 2.66. The van der Waals surface area contributed by atoms with Crippen LogP contribution in [0.1, 0.15) is 35.7 Å². The summed E-state index contributed by atoms with van der Waals surface area (Å²) in [7, 11) is 3.19. The summed E-state index contributed by atoms with van der Waals surface area (Å²) in [5.74, 6) is 1.82. The zero-order chi connectivity index (χ0) is 22.3. The molecule has 0 saturated carbocycles. The van der Waals surface area contributed by atoms with Gasteiger partial charge in [-0.15, -0.1) is 16.4 Å². The second-order valence-corrected chi connectivity index (χ2v) is 9.16. The van der Waals surface area contributed by atoms with Crippen LogP contribution in [-0.4, -0.2) is 45.6 Å². The molecule has 0 atom stereocenters. The predicted molar refractivity (Wildman–Crippen MR) is 121 cm³/mol. The van der Waals surface area contributed by atoms with Crippen molar-refractivity contribution >= 4 is 33.4 Å². The molecule has 4 heterocycles. The monoisotopic (exact) mass is 453 g/mol. The van der Waals surface area contributed by atoms with E-state index in [0.717, 1.165) is 27.8 Å². The summed E-state index contributed by atoms with van der Waals surface area (Å²) in [4.78, 5) is 16.9. The molecule has 0 N–H and O–H groups in total.